The van der Waals surface area contributed by atoms with Gasteiger partial charge in [-0.1, -0.05) is 36.4 Å². The van der Waals surface area contributed by atoms with Gasteiger partial charge in [0, 0.05) is 30.4 Å². The first-order valence-electron chi connectivity index (χ1n) is 15.0. The van der Waals surface area contributed by atoms with Gasteiger partial charge in [-0.05, 0) is 78.1 Å². The number of ether oxygens (including phenoxy) is 3. The maximum atomic E-state index is 12.8. The van der Waals surface area contributed by atoms with Gasteiger partial charge in [-0.25, -0.2) is 4.79 Å². The van der Waals surface area contributed by atoms with Gasteiger partial charge in [0.05, 0.1) is 39.5 Å². The molecule has 0 aliphatic carbocycles. The van der Waals surface area contributed by atoms with E-state index in [-0.39, 0.29) is 12.3 Å². The van der Waals surface area contributed by atoms with E-state index in [9.17, 15) is 19.5 Å². The lowest BCUT2D eigenvalue weighted by Gasteiger charge is -2.23. The average molecular weight is 641 g/mol. The number of carbonyl (C=O) groups is 3. The quantitative estimate of drug-likeness (QED) is 0.144. The highest BCUT2D eigenvalue weighted by atomic mass is 16.5. The van der Waals surface area contributed by atoms with Gasteiger partial charge >= 0.3 is 12.0 Å². The molecule has 0 saturated heterocycles. The zero-order chi connectivity index (χ0) is 33.9. The van der Waals surface area contributed by atoms with Crippen LogP contribution < -0.4 is 35.5 Å². The SMILES string of the molecule is COc1cc(C(CC2=CC=CNC(C(CC(=O)O)c3ccc(OC)c(OC)c3)=C2)NC(C)=O)ccc1NC(=O)Nc1ccccc1C. The Bertz CT molecular complexity index is 1710. The largest absolute Gasteiger partial charge is 0.495 e. The molecule has 3 amide bonds. The van der Waals surface area contributed by atoms with Crippen molar-refractivity contribution in [2.75, 3.05) is 32.0 Å². The van der Waals surface area contributed by atoms with E-state index in [1.54, 1.807) is 30.5 Å². The van der Waals surface area contributed by atoms with Crippen molar-refractivity contribution in [1.82, 2.24) is 10.6 Å². The number of carboxylic acid groups (broad SMARTS) is 1. The maximum absolute atomic E-state index is 12.8. The number of rotatable bonds is 13. The van der Waals surface area contributed by atoms with Crippen LogP contribution in [0.1, 0.15) is 48.4 Å². The highest BCUT2D eigenvalue weighted by Gasteiger charge is 2.24. The molecule has 2 unspecified atom stereocenters. The van der Waals surface area contributed by atoms with E-state index in [4.69, 9.17) is 14.2 Å². The molecule has 11 heteroatoms. The molecular formula is C36H40N4O7. The predicted molar refractivity (Wildman–Crippen MR) is 181 cm³/mol. The van der Waals surface area contributed by atoms with E-state index < -0.39 is 24.0 Å². The lowest BCUT2D eigenvalue weighted by molar-refractivity contribution is -0.137. The minimum atomic E-state index is -0.962. The lowest BCUT2D eigenvalue weighted by atomic mass is 9.89. The van der Waals surface area contributed by atoms with Crippen molar-refractivity contribution in [3.05, 3.63) is 113 Å². The van der Waals surface area contributed by atoms with Crippen LogP contribution in [0.4, 0.5) is 16.2 Å². The van der Waals surface area contributed by atoms with Crippen LogP contribution in [0, 0.1) is 6.92 Å². The van der Waals surface area contributed by atoms with Crippen LogP contribution in [-0.4, -0.2) is 44.3 Å². The molecule has 0 spiro atoms. The molecule has 246 valence electrons. The van der Waals surface area contributed by atoms with E-state index >= 15 is 0 Å². The standard InChI is InChI=1S/C36H40N4O7/c1-22-9-6-7-11-28(22)39-36(44)40-29-14-12-26(20-33(29)46-4)30(38-23(2)41)17-24-10-8-16-37-31(18-24)27(21-35(42)43)25-13-15-32(45-3)34(19-25)47-5/h6-16,18-20,27,30,37H,17,21H2,1-5H3,(H,38,41)(H,42,43)(H2,39,40,44). The lowest BCUT2D eigenvalue weighted by Crippen LogP contribution is -2.26. The van der Waals surface area contributed by atoms with Crippen molar-refractivity contribution < 1.29 is 33.7 Å². The van der Waals surface area contributed by atoms with E-state index in [1.165, 1.54) is 28.3 Å². The normalized spacial score (nSPS) is 13.5. The van der Waals surface area contributed by atoms with Crippen LogP contribution in [0.2, 0.25) is 0 Å². The summed E-state index contributed by atoms with van der Waals surface area (Å²) in [7, 11) is 4.58. The molecule has 1 aliphatic rings. The Morgan fingerprint density at radius 2 is 1.53 bits per heavy atom. The van der Waals surface area contributed by atoms with Crippen LogP contribution in [0.3, 0.4) is 0 Å². The van der Waals surface area contributed by atoms with Gasteiger partial charge in [0.15, 0.2) is 11.5 Å². The summed E-state index contributed by atoms with van der Waals surface area (Å²) in [5.41, 5.74) is 5.06. The summed E-state index contributed by atoms with van der Waals surface area (Å²) in [5, 5.41) is 21.7. The second kappa shape index (κ2) is 16.0. The number of carboxylic acids is 1. The van der Waals surface area contributed by atoms with Gasteiger partial charge in [-0.3, -0.25) is 9.59 Å². The van der Waals surface area contributed by atoms with Gasteiger partial charge in [0.1, 0.15) is 5.75 Å². The molecule has 2 atom stereocenters. The highest BCUT2D eigenvalue weighted by Crippen LogP contribution is 2.36. The molecule has 0 bridgehead atoms. The highest BCUT2D eigenvalue weighted by molar-refractivity contribution is 6.01. The molecule has 0 fully saturated rings. The smallest absolute Gasteiger partial charge is 0.323 e. The third kappa shape index (κ3) is 9.16. The molecular weight excluding hydrogens is 600 g/mol. The topological polar surface area (TPSA) is 147 Å². The van der Waals surface area contributed by atoms with Gasteiger partial charge in [0.2, 0.25) is 5.91 Å². The number of aliphatic carboxylic acids is 1. The van der Waals surface area contributed by atoms with E-state index in [1.807, 2.05) is 61.5 Å². The Balaban J connectivity index is 1.61. The minimum Gasteiger partial charge on any atom is -0.495 e. The van der Waals surface area contributed by atoms with Gasteiger partial charge in [-0.15, -0.1) is 0 Å². The van der Waals surface area contributed by atoms with Gasteiger partial charge in [0.25, 0.3) is 0 Å². The number of benzene rings is 3. The van der Waals surface area contributed by atoms with Crippen molar-refractivity contribution in [3.63, 3.8) is 0 Å². The Kier molecular flexibility index (Phi) is 11.7. The van der Waals surface area contributed by atoms with Crippen LogP contribution in [0.5, 0.6) is 17.2 Å². The van der Waals surface area contributed by atoms with Crippen molar-refractivity contribution in [2.24, 2.45) is 0 Å². The number of aryl methyl sites for hydroxylation is 1. The molecule has 0 radical (unpaired) electrons. The first-order valence-corrected chi connectivity index (χ1v) is 15.0. The molecule has 11 nitrogen and oxygen atoms in total. The zero-order valence-corrected chi connectivity index (χ0v) is 27.0. The third-order valence-corrected chi connectivity index (χ3v) is 7.65. The Morgan fingerprint density at radius 3 is 2.21 bits per heavy atom. The number of methoxy groups -OCH3 is 3. The number of amides is 3. The van der Waals surface area contributed by atoms with Crippen molar-refractivity contribution in [2.45, 2.75) is 38.6 Å². The molecule has 3 aromatic rings. The molecule has 1 heterocycles. The molecule has 4 rings (SSSR count). The number of hydrogen-bond acceptors (Lipinski definition) is 7. The number of allylic oxidation sites excluding steroid dienone is 4. The Hall–Kier alpha value is -5.71. The number of carbonyl (C=O) groups excluding carboxylic acids is 2. The summed E-state index contributed by atoms with van der Waals surface area (Å²) >= 11 is 0. The molecule has 47 heavy (non-hydrogen) atoms. The van der Waals surface area contributed by atoms with E-state index in [0.717, 1.165) is 22.3 Å². The van der Waals surface area contributed by atoms with E-state index in [2.05, 4.69) is 21.3 Å². The first-order chi connectivity index (χ1) is 22.6. The first kappa shape index (κ1) is 34.2. The average Bonchev–Trinajstić information content (AvgIpc) is 3.29. The van der Waals surface area contributed by atoms with Crippen LogP contribution >= 0.6 is 0 Å². The van der Waals surface area contributed by atoms with Gasteiger partial charge in [-0.2, -0.15) is 0 Å². The van der Waals surface area contributed by atoms with Gasteiger partial charge < -0.3 is 40.6 Å². The van der Waals surface area contributed by atoms with Crippen molar-refractivity contribution in [3.8, 4) is 17.2 Å². The minimum absolute atomic E-state index is 0.173. The number of hydrogen-bond donors (Lipinski definition) is 5. The van der Waals surface area contributed by atoms with Crippen molar-refractivity contribution in [1.29, 1.82) is 0 Å². The summed E-state index contributed by atoms with van der Waals surface area (Å²) in [4.78, 5) is 37.1. The molecule has 0 aromatic heterocycles. The number of nitrogens with one attached hydrogen (secondary N) is 4. The summed E-state index contributed by atoms with van der Waals surface area (Å²) in [6.07, 6.45) is 7.59. The maximum Gasteiger partial charge on any atom is 0.323 e. The fourth-order valence-corrected chi connectivity index (χ4v) is 5.34. The number of anilines is 2. The monoisotopic (exact) mass is 640 g/mol. The van der Waals surface area contributed by atoms with Crippen LogP contribution in [-0.2, 0) is 9.59 Å². The fraction of sp³-hybridized carbons (Fsp3) is 0.250. The number of urea groups is 1. The second-order valence-electron chi connectivity index (χ2n) is 10.9. The molecule has 3 aromatic carbocycles. The third-order valence-electron chi connectivity index (χ3n) is 7.65. The zero-order valence-electron chi connectivity index (χ0n) is 27.0. The summed E-state index contributed by atoms with van der Waals surface area (Å²) in [6.45, 7) is 3.35. The Labute approximate surface area is 274 Å². The number of para-hydroxylation sites is 1. The fourth-order valence-electron chi connectivity index (χ4n) is 5.34. The predicted octanol–water partition coefficient (Wildman–Crippen LogP) is 6.42. The summed E-state index contributed by atoms with van der Waals surface area (Å²) < 4.78 is 16.5. The summed E-state index contributed by atoms with van der Waals surface area (Å²) in [5.74, 6) is -0.276. The summed E-state index contributed by atoms with van der Waals surface area (Å²) in [6, 6.07) is 17.2. The van der Waals surface area contributed by atoms with Crippen LogP contribution in [0.25, 0.3) is 0 Å². The van der Waals surface area contributed by atoms with E-state index in [0.29, 0.717) is 40.7 Å². The second-order valence-corrected chi connectivity index (χ2v) is 10.9. The molecule has 0 saturated carbocycles. The molecule has 5 N–H and O–H groups in total. The van der Waals surface area contributed by atoms with Crippen molar-refractivity contribution >= 4 is 29.3 Å². The Morgan fingerprint density at radius 1 is 0.851 bits per heavy atom. The molecule has 1 aliphatic heterocycles. The van der Waals surface area contributed by atoms with Crippen LogP contribution in [0.15, 0.2) is 96.4 Å².